The van der Waals surface area contributed by atoms with Crippen molar-refractivity contribution in [3.05, 3.63) is 58.3 Å². The molecule has 0 aliphatic carbocycles. The Hall–Kier alpha value is -1.60. The van der Waals surface area contributed by atoms with E-state index in [2.05, 4.69) is 25.7 Å². The van der Waals surface area contributed by atoms with Crippen molar-refractivity contribution < 1.29 is 23.0 Å². The average molecular weight is 348 g/mol. The van der Waals surface area contributed by atoms with Crippen molar-refractivity contribution in [2.75, 3.05) is 0 Å². The summed E-state index contributed by atoms with van der Waals surface area (Å²) in [5.74, 6) is -0.454. The Morgan fingerprint density at radius 1 is 1.15 bits per heavy atom. The highest BCUT2D eigenvalue weighted by Crippen LogP contribution is 2.34. The molecule has 106 valence electrons. The number of aromatic nitrogens is 1. The molecule has 2 aromatic rings. The van der Waals surface area contributed by atoms with E-state index in [0.29, 0.717) is 4.47 Å². The molecule has 0 radical (unpaired) electrons. The fraction of sp³-hybridized carbons (Fsp3) is 0.154. The minimum Gasteiger partial charge on any atom is -0.405 e. The van der Waals surface area contributed by atoms with Crippen LogP contribution in [0.4, 0.5) is 13.2 Å². The lowest BCUT2D eigenvalue weighted by Crippen LogP contribution is -2.19. The number of ether oxygens (including phenoxy) is 1. The lowest BCUT2D eigenvalue weighted by molar-refractivity contribution is -0.275. The molecule has 1 heterocycles. The zero-order chi connectivity index (χ0) is 14.8. The van der Waals surface area contributed by atoms with Crippen LogP contribution in [-0.4, -0.2) is 16.5 Å². The molecule has 2 rings (SSSR count). The zero-order valence-corrected chi connectivity index (χ0v) is 11.5. The summed E-state index contributed by atoms with van der Waals surface area (Å²) in [6.45, 7) is 0. The van der Waals surface area contributed by atoms with Gasteiger partial charge in [0.15, 0.2) is 0 Å². The van der Waals surface area contributed by atoms with Gasteiger partial charge < -0.3 is 9.84 Å². The maximum atomic E-state index is 12.3. The van der Waals surface area contributed by atoms with E-state index in [0.717, 1.165) is 6.07 Å². The standard InChI is InChI=1S/C13H9BrF3NO2/c14-9-5-3-7-18-11(9)12(19)8-4-1-2-6-10(8)20-13(15,16)17/h1-7,12,19H. The third kappa shape index (κ3) is 3.49. The van der Waals surface area contributed by atoms with Crippen LogP contribution in [0.15, 0.2) is 47.1 Å². The molecule has 0 saturated carbocycles. The van der Waals surface area contributed by atoms with E-state index in [-0.39, 0.29) is 11.3 Å². The molecule has 0 aliphatic rings. The van der Waals surface area contributed by atoms with Crippen LogP contribution in [0.25, 0.3) is 0 Å². The van der Waals surface area contributed by atoms with Crippen LogP contribution < -0.4 is 4.74 Å². The molecule has 1 atom stereocenters. The maximum Gasteiger partial charge on any atom is 0.573 e. The summed E-state index contributed by atoms with van der Waals surface area (Å²) in [4.78, 5) is 3.96. The second-order valence-corrected chi connectivity index (χ2v) is 4.71. The van der Waals surface area contributed by atoms with Gasteiger partial charge in [0, 0.05) is 16.2 Å². The van der Waals surface area contributed by atoms with Gasteiger partial charge in [-0.25, -0.2) is 0 Å². The number of hydrogen-bond donors (Lipinski definition) is 1. The van der Waals surface area contributed by atoms with Crippen LogP contribution in [-0.2, 0) is 0 Å². The fourth-order valence-corrected chi connectivity index (χ4v) is 2.14. The summed E-state index contributed by atoms with van der Waals surface area (Å²) in [6.07, 6.45) is -4.71. The minimum absolute atomic E-state index is 0.00998. The summed E-state index contributed by atoms with van der Waals surface area (Å²) in [7, 11) is 0. The Bertz CT molecular complexity index is 604. The van der Waals surface area contributed by atoms with Gasteiger partial charge in [0.1, 0.15) is 11.9 Å². The molecule has 1 aromatic heterocycles. The first-order chi connectivity index (χ1) is 9.38. The Morgan fingerprint density at radius 3 is 2.50 bits per heavy atom. The Morgan fingerprint density at radius 2 is 1.85 bits per heavy atom. The molecule has 0 amide bonds. The second-order valence-electron chi connectivity index (χ2n) is 3.86. The Labute approximate surface area is 121 Å². The average Bonchev–Trinajstić information content (AvgIpc) is 2.37. The molecule has 1 unspecified atom stereocenters. The number of nitrogens with zero attached hydrogens (tertiary/aromatic N) is 1. The molecule has 0 fully saturated rings. The monoisotopic (exact) mass is 347 g/mol. The van der Waals surface area contributed by atoms with Crippen molar-refractivity contribution in [1.82, 2.24) is 4.98 Å². The van der Waals surface area contributed by atoms with Crippen molar-refractivity contribution >= 4 is 15.9 Å². The van der Waals surface area contributed by atoms with Crippen LogP contribution in [0.5, 0.6) is 5.75 Å². The van der Waals surface area contributed by atoms with Crippen LogP contribution in [0.1, 0.15) is 17.4 Å². The minimum atomic E-state index is -4.82. The van der Waals surface area contributed by atoms with Gasteiger partial charge in [0.25, 0.3) is 0 Å². The summed E-state index contributed by atoms with van der Waals surface area (Å²) in [6, 6.07) is 8.68. The van der Waals surface area contributed by atoms with Crippen LogP contribution in [0, 0.1) is 0 Å². The molecule has 0 aliphatic heterocycles. The van der Waals surface area contributed by atoms with Gasteiger partial charge in [-0.05, 0) is 34.1 Å². The van der Waals surface area contributed by atoms with Crippen molar-refractivity contribution in [1.29, 1.82) is 0 Å². The number of aliphatic hydroxyl groups is 1. The molecule has 0 saturated heterocycles. The van der Waals surface area contributed by atoms with Gasteiger partial charge in [-0.1, -0.05) is 18.2 Å². The van der Waals surface area contributed by atoms with Gasteiger partial charge in [-0.3, -0.25) is 4.98 Å². The number of aliphatic hydroxyl groups excluding tert-OH is 1. The number of para-hydroxylation sites is 1. The molecule has 20 heavy (non-hydrogen) atoms. The van der Waals surface area contributed by atoms with E-state index in [1.807, 2.05) is 0 Å². The Balaban J connectivity index is 2.40. The van der Waals surface area contributed by atoms with E-state index in [1.54, 1.807) is 12.1 Å². The molecule has 1 N–H and O–H groups in total. The number of pyridine rings is 1. The number of rotatable bonds is 3. The quantitative estimate of drug-likeness (QED) is 0.917. The lowest BCUT2D eigenvalue weighted by Gasteiger charge is -2.17. The van der Waals surface area contributed by atoms with Gasteiger partial charge in [0.05, 0.1) is 5.69 Å². The Kier molecular flexibility index (Phi) is 4.29. The lowest BCUT2D eigenvalue weighted by atomic mass is 10.0. The van der Waals surface area contributed by atoms with Crippen molar-refractivity contribution in [2.24, 2.45) is 0 Å². The first-order valence-electron chi connectivity index (χ1n) is 5.51. The number of benzene rings is 1. The zero-order valence-electron chi connectivity index (χ0n) is 9.93. The van der Waals surface area contributed by atoms with Crippen LogP contribution >= 0.6 is 15.9 Å². The van der Waals surface area contributed by atoms with Crippen molar-refractivity contribution in [3.8, 4) is 5.75 Å². The van der Waals surface area contributed by atoms with Gasteiger partial charge in [0.2, 0.25) is 0 Å². The SMILES string of the molecule is OC(c1ccccc1OC(F)(F)F)c1ncccc1Br. The summed E-state index contributed by atoms with van der Waals surface area (Å²) < 4.78 is 41.4. The molecule has 1 aromatic carbocycles. The molecular weight excluding hydrogens is 339 g/mol. The van der Waals surface area contributed by atoms with Crippen molar-refractivity contribution in [2.45, 2.75) is 12.5 Å². The number of alkyl halides is 3. The van der Waals surface area contributed by atoms with E-state index in [9.17, 15) is 18.3 Å². The molecule has 3 nitrogen and oxygen atoms in total. The highest BCUT2D eigenvalue weighted by Gasteiger charge is 2.33. The predicted octanol–water partition coefficient (Wildman–Crippen LogP) is 3.82. The van der Waals surface area contributed by atoms with Crippen molar-refractivity contribution in [3.63, 3.8) is 0 Å². The summed E-state index contributed by atoms with van der Waals surface area (Å²) >= 11 is 3.19. The van der Waals surface area contributed by atoms with Crippen LogP contribution in [0.2, 0.25) is 0 Å². The van der Waals surface area contributed by atoms with E-state index >= 15 is 0 Å². The molecular formula is C13H9BrF3NO2. The van der Waals surface area contributed by atoms with E-state index < -0.39 is 18.2 Å². The molecule has 0 bridgehead atoms. The number of halogens is 4. The third-order valence-corrected chi connectivity index (χ3v) is 3.16. The van der Waals surface area contributed by atoms with Gasteiger partial charge in [-0.2, -0.15) is 0 Å². The highest BCUT2D eigenvalue weighted by molar-refractivity contribution is 9.10. The first-order valence-corrected chi connectivity index (χ1v) is 6.31. The molecule has 7 heteroatoms. The van der Waals surface area contributed by atoms with E-state index in [1.165, 1.54) is 24.4 Å². The summed E-state index contributed by atoms with van der Waals surface area (Å²) in [5.41, 5.74) is 0.204. The normalized spacial score (nSPS) is 13.1. The smallest absolute Gasteiger partial charge is 0.405 e. The van der Waals surface area contributed by atoms with Gasteiger partial charge in [-0.15, -0.1) is 13.2 Å². The largest absolute Gasteiger partial charge is 0.573 e. The second kappa shape index (κ2) is 5.80. The third-order valence-electron chi connectivity index (χ3n) is 2.49. The molecule has 0 spiro atoms. The maximum absolute atomic E-state index is 12.3. The fourth-order valence-electron chi connectivity index (χ4n) is 1.67. The highest BCUT2D eigenvalue weighted by atomic mass is 79.9. The topological polar surface area (TPSA) is 42.4 Å². The number of hydrogen-bond acceptors (Lipinski definition) is 3. The van der Waals surface area contributed by atoms with Crippen LogP contribution in [0.3, 0.4) is 0 Å². The predicted molar refractivity (Wildman–Crippen MR) is 69.1 cm³/mol. The van der Waals surface area contributed by atoms with Gasteiger partial charge >= 0.3 is 6.36 Å². The van der Waals surface area contributed by atoms with E-state index in [4.69, 9.17) is 0 Å². The summed E-state index contributed by atoms with van der Waals surface area (Å²) in [5, 5.41) is 10.2. The first kappa shape index (κ1) is 14.8.